The third-order valence-corrected chi connectivity index (χ3v) is 6.41. The number of benzene rings is 1. The lowest BCUT2D eigenvalue weighted by Gasteiger charge is -2.02. The number of carbonyl (C=O) groups is 1. The second kappa shape index (κ2) is 24.4. The molecule has 0 saturated carbocycles. The molecule has 2 N–H and O–H groups in total. The van der Waals surface area contributed by atoms with Crippen molar-refractivity contribution in [1.29, 1.82) is 0 Å². The summed E-state index contributed by atoms with van der Waals surface area (Å²) in [6.45, 7) is 23.4. The van der Waals surface area contributed by atoms with Gasteiger partial charge < -0.3 is 14.8 Å². The Bertz CT molecular complexity index is 1360. The average molecular weight is 605 g/mol. The molecule has 0 aliphatic carbocycles. The number of allylic oxidation sites excluding steroid dienone is 4. The molecule has 0 radical (unpaired) electrons. The molecule has 0 saturated heterocycles. The number of carboxylic acids is 1. The van der Waals surface area contributed by atoms with Gasteiger partial charge in [0.05, 0.1) is 23.9 Å². The van der Waals surface area contributed by atoms with Crippen molar-refractivity contribution in [2.45, 2.75) is 106 Å². The van der Waals surface area contributed by atoms with Crippen LogP contribution in [0.5, 0.6) is 0 Å². The summed E-state index contributed by atoms with van der Waals surface area (Å²) in [5.74, 6) is -0.469. The van der Waals surface area contributed by atoms with Gasteiger partial charge in [-0.3, -0.25) is 14.8 Å². The Hall–Kier alpha value is -4.00. The van der Waals surface area contributed by atoms with E-state index in [4.69, 9.17) is 10.2 Å². The van der Waals surface area contributed by atoms with E-state index in [9.17, 15) is 4.79 Å². The van der Waals surface area contributed by atoms with Crippen LogP contribution in [0, 0.1) is 6.92 Å². The fraction of sp³-hybridized carbons (Fsp3) is 0.459. The second-order valence-electron chi connectivity index (χ2n) is 10.7. The molecule has 7 nitrogen and oxygen atoms in total. The van der Waals surface area contributed by atoms with Crippen LogP contribution >= 0.6 is 0 Å². The maximum Gasteiger partial charge on any atom is 0.303 e. The Balaban J connectivity index is 0.000000959. The first-order chi connectivity index (χ1) is 21.0. The Morgan fingerprint density at radius 3 is 2.25 bits per heavy atom. The van der Waals surface area contributed by atoms with Crippen molar-refractivity contribution in [2.24, 2.45) is 9.98 Å². The van der Waals surface area contributed by atoms with Gasteiger partial charge in [0, 0.05) is 24.9 Å². The molecule has 2 rings (SSSR count). The molecule has 0 bridgehead atoms. The highest BCUT2D eigenvalue weighted by atomic mass is 16.4. The molecule has 0 aliphatic heterocycles. The topological polar surface area (TPSA) is 100 Å². The number of hydrogen-bond donors (Lipinski definition) is 2. The average Bonchev–Trinajstić information content (AvgIpc) is 3.37. The molecule has 1 aromatic heterocycles. The Labute approximate surface area is 265 Å². The van der Waals surface area contributed by atoms with Crippen molar-refractivity contribution in [1.82, 2.24) is 9.55 Å². The quantitative estimate of drug-likeness (QED) is 0.0928. The first-order valence-corrected chi connectivity index (χ1v) is 15.7. The minimum absolute atomic E-state index is 0.179. The highest BCUT2D eigenvalue weighted by Gasteiger charge is 2.04. The first kappa shape index (κ1) is 40.0. The van der Waals surface area contributed by atoms with Gasteiger partial charge >= 0.3 is 5.97 Å². The fourth-order valence-electron chi connectivity index (χ4n) is 3.58. The van der Waals surface area contributed by atoms with E-state index in [2.05, 4.69) is 61.9 Å². The number of aliphatic hydroxyl groups is 1. The number of hydrogen-bond acceptors (Lipinski definition) is 5. The summed E-state index contributed by atoms with van der Waals surface area (Å²) in [6, 6.07) is 8.09. The lowest BCUT2D eigenvalue weighted by Crippen LogP contribution is -2.31. The largest absolute Gasteiger partial charge is 0.508 e. The normalized spacial score (nSPS) is 11.8. The zero-order chi connectivity index (χ0) is 33.3. The van der Waals surface area contributed by atoms with Gasteiger partial charge in [-0.05, 0) is 76.7 Å². The molecular formula is C37H56N4O3. The number of nitrogens with zero attached hydrogens (tertiary/aromatic N) is 4. The second-order valence-corrected chi connectivity index (χ2v) is 10.7. The molecule has 2 aromatic rings. The van der Waals surface area contributed by atoms with E-state index >= 15 is 0 Å². The molecule has 7 heteroatoms. The summed E-state index contributed by atoms with van der Waals surface area (Å²) >= 11 is 0. The minimum Gasteiger partial charge on any atom is -0.508 e. The zero-order valence-corrected chi connectivity index (χ0v) is 28.3. The van der Waals surface area contributed by atoms with E-state index in [0.717, 1.165) is 46.1 Å². The molecule has 1 heterocycles. The Kier molecular flexibility index (Phi) is 22.2. The van der Waals surface area contributed by atoms with Gasteiger partial charge in [0.2, 0.25) is 0 Å². The summed E-state index contributed by atoms with van der Waals surface area (Å²) < 4.78 is 1.95. The van der Waals surface area contributed by atoms with Gasteiger partial charge in [0.1, 0.15) is 11.1 Å². The molecular weight excluding hydrogens is 548 g/mol. The number of aryl methyl sites for hydroxylation is 2. The number of aliphatic imine (C=N–C) groups is 2. The number of unbranched alkanes of at least 4 members (excludes halogenated alkanes) is 3. The first-order valence-electron chi connectivity index (χ1n) is 15.7. The number of imidazole rings is 1. The number of aromatic nitrogens is 2. The predicted octanol–water partition coefficient (Wildman–Crippen LogP) is 8.12. The summed E-state index contributed by atoms with van der Waals surface area (Å²) in [6.07, 6.45) is 16.4. The summed E-state index contributed by atoms with van der Waals surface area (Å²) in [5.41, 5.74) is 5.03. The summed E-state index contributed by atoms with van der Waals surface area (Å²) in [7, 11) is 0. The Morgan fingerprint density at radius 2 is 1.68 bits per heavy atom. The summed E-state index contributed by atoms with van der Waals surface area (Å²) in [4.78, 5) is 24.3. The molecule has 0 fully saturated rings. The van der Waals surface area contributed by atoms with E-state index in [1.54, 1.807) is 25.4 Å². The third-order valence-electron chi connectivity index (χ3n) is 6.41. The molecule has 0 unspecified atom stereocenters. The van der Waals surface area contributed by atoms with Gasteiger partial charge in [0.25, 0.3) is 0 Å². The molecule has 1 aromatic carbocycles. The maximum absolute atomic E-state index is 10.6. The van der Waals surface area contributed by atoms with Crippen LogP contribution in [0.1, 0.15) is 104 Å². The molecule has 0 aliphatic rings. The molecule has 242 valence electrons. The van der Waals surface area contributed by atoms with Gasteiger partial charge in [0.15, 0.2) is 0 Å². The molecule has 0 amide bonds. The van der Waals surface area contributed by atoms with Gasteiger partial charge in [-0.15, -0.1) is 0 Å². The SMILES string of the molecule is C=C(/C=C\C(O)=C/C)CCCC.C=c1/c(=C(/CN=Cc2ccccc2C)N=C(C)C)ncn1CCCCC(=O)O.CCCC. The molecule has 0 spiro atoms. The van der Waals surface area contributed by atoms with Crippen LogP contribution in [0.3, 0.4) is 0 Å². The van der Waals surface area contributed by atoms with Crippen LogP contribution < -0.4 is 10.7 Å². The third kappa shape index (κ3) is 18.5. The smallest absolute Gasteiger partial charge is 0.303 e. The molecule has 44 heavy (non-hydrogen) atoms. The van der Waals surface area contributed by atoms with Gasteiger partial charge in [-0.25, -0.2) is 4.98 Å². The van der Waals surface area contributed by atoms with Crippen LogP contribution in [0.4, 0.5) is 0 Å². The van der Waals surface area contributed by atoms with E-state index in [1.807, 2.05) is 48.9 Å². The van der Waals surface area contributed by atoms with Gasteiger partial charge in [-0.2, -0.15) is 0 Å². The Morgan fingerprint density at radius 1 is 1.00 bits per heavy atom. The number of aliphatic hydroxyl groups excluding tert-OH is 1. The number of aliphatic carboxylic acids is 1. The number of carboxylic acid groups (broad SMARTS) is 1. The fourth-order valence-corrected chi connectivity index (χ4v) is 3.58. The van der Waals surface area contributed by atoms with Crippen molar-refractivity contribution in [3.05, 3.63) is 88.6 Å². The van der Waals surface area contributed by atoms with E-state index in [1.165, 1.54) is 31.2 Å². The van der Waals surface area contributed by atoms with E-state index in [0.29, 0.717) is 25.3 Å². The van der Waals surface area contributed by atoms with Crippen LogP contribution in [0.25, 0.3) is 12.3 Å². The number of rotatable bonds is 15. The molecule has 0 atom stereocenters. The van der Waals surface area contributed by atoms with E-state index < -0.39 is 5.97 Å². The standard InChI is InChI=1S/C22H28N4O2.C11H18O.C4H10/c1-16(2)25-20(14-23-13-19-10-6-5-9-17(19)3)22-18(4)26(15-24-22)12-8-7-11-21(27)28;1-4-6-7-10(3)8-9-11(12)5-2;1-3-4-2/h5-6,9-10,13,15H,4,7-8,11-12,14H2,1-3H3,(H,27,28);5,8-9,12H,3-4,6-7H2,1-2H3;3-4H2,1-2H3/b22-20+,23-13?;9-8-,11-5+;. The highest BCUT2D eigenvalue weighted by molar-refractivity contribution is 5.84. The lowest BCUT2D eigenvalue weighted by molar-refractivity contribution is -0.137. The maximum atomic E-state index is 10.6. The van der Waals surface area contributed by atoms with Crippen molar-refractivity contribution >= 4 is 30.2 Å². The van der Waals surface area contributed by atoms with Crippen LogP contribution in [0.2, 0.25) is 0 Å². The van der Waals surface area contributed by atoms with Crippen molar-refractivity contribution < 1.29 is 15.0 Å². The monoisotopic (exact) mass is 604 g/mol. The van der Waals surface area contributed by atoms with Gasteiger partial charge in [-0.1, -0.05) is 89.1 Å². The highest BCUT2D eigenvalue weighted by Crippen LogP contribution is 2.07. The van der Waals surface area contributed by atoms with E-state index in [-0.39, 0.29) is 6.42 Å². The summed E-state index contributed by atoms with van der Waals surface area (Å²) in [5, 5.41) is 19.3. The minimum atomic E-state index is -0.768. The predicted molar refractivity (Wildman–Crippen MR) is 189 cm³/mol. The lowest BCUT2D eigenvalue weighted by atomic mass is 10.1. The van der Waals surface area contributed by atoms with Crippen molar-refractivity contribution in [3.8, 4) is 0 Å². The zero-order valence-electron chi connectivity index (χ0n) is 28.3. The van der Waals surface area contributed by atoms with Crippen molar-refractivity contribution in [2.75, 3.05) is 6.54 Å². The van der Waals surface area contributed by atoms with Crippen LogP contribution in [0.15, 0.2) is 76.7 Å². The van der Waals surface area contributed by atoms with Crippen LogP contribution in [-0.4, -0.2) is 44.2 Å². The van der Waals surface area contributed by atoms with Crippen molar-refractivity contribution in [3.63, 3.8) is 0 Å². The van der Waals surface area contributed by atoms with Crippen LogP contribution in [-0.2, 0) is 11.3 Å².